The fraction of sp³-hybridized carbons (Fsp3) is 0.407. The molecule has 7 heteroatoms. The number of nitrogens with zero attached hydrogens (tertiary/aromatic N) is 4. The lowest BCUT2D eigenvalue weighted by Gasteiger charge is -2.50. The van der Waals surface area contributed by atoms with Gasteiger partial charge in [-0.15, -0.1) is 0 Å². The highest BCUT2D eigenvalue weighted by Gasteiger charge is 2.40. The number of fused-ring (bicyclic) bond motifs is 3. The van der Waals surface area contributed by atoms with E-state index in [-0.39, 0.29) is 0 Å². The van der Waals surface area contributed by atoms with Crippen LogP contribution in [0, 0.1) is 11.8 Å². The van der Waals surface area contributed by atoms with E-state index >= 15 is 0 Å². The van der Waals surface area contributed by atoms with Crippen molar-refractivity contribution in [3.05, 3.63) is 78.6 Å². The number of rotatable bonds is 8. The summed E-state index contributed by atoms with van der Waals surface area (Å²) in [6.07, 6.45) is 6.31. The van der Waals surface area contributed by atoms with E-state index in [1.54, 1.807) is 6.20 Å². The topological polar surface area (TPSA) is 48.4 Å². The minimum atomic E-state index is 0.566. The predicted octanol–water partition coefficient (Wildman–Crippen LogP) is 4.00. The van der Waals surface area contributed by atoms with Crippen molar-refractivity contribution in [2.24, 2.45) is 11.8 Å². The van der Waals surface area contributed by atoms with E-state index in [1.807, 2.05) is 41.2 Å². The molecule has 2 bridgehead atoms. The lowest BCUT2D eigenvalue weighted by molar-refractivity contribution is -0.00845. The molecule has 0 saturated carbocycles. The van der Waals surface area contributed by atoms with Gasteiger partial charge < -0.3 is 15.5 Å². The van der Waals surface area contributed by atoms with E-state index in [0.29, 0.717) is 11.2 Å². The average Bonchev–Trinajstić information content (AvgIpc) is 3.39. The number of hydrogen-bond acceptors (Lipinski definition) is 4. The summed E-state index contributed by atoms with van der Waals surface area (Å²) in [4.78, 5) is 5.17. The van der Waals surface area contributed by atoms with Gasteiger partial charge in [0.05, 0.1) is 5.69 Å². The molecule has 0 aliphatic carbocycles. The second-order valence-electron chi connectivity index (χ2n) is 9.71. The SMILES string of the molecule is CN(Cc1ccccc1)C[C@H]1CN2CC[C@H]1C[C@@H]2CNC(=S)Nc1ccc(-n2cccn2)cc1. The van der Waals surface area contributed by atoms with Gasteiger partial charge in [0, 0.05) is 50.3 Å². The molecular formula is C27H34N6S. The first-order valence-corrected chi connectivity index (χ1v) is 12.7. The third-order valence-corrected chi connectivity index (χ3v) is 7.49. The molecule has 3 aliphatic heterocycles. The van der Waals surface area contributed by atoms with Crippen LogP contribution in [-0.2, 0) is 6.54 Å². The highest BCUT2D eigenvalue weighted by molar-refractivity contribution is 7.80. The molecule has 3 fully saturated rings. The maximum absolute atomic E-state index is 5.58. The fourth-order valence-corrected chi connectivity index (χ4v) is 5.73. The lowest BCUT2D eigenvalue weighted by atomic mass is 9.75. The highest BCUT2D eigenvalue weighted by Crippen LogP contribution is 2.36. The summed E-state index contributed by atoms with van der Waals surface area (Å²) in [5, 5.41) is 11.7. The van der Waals surface area contributed by atoms with Crippen molar-refractivity contribution >= 4 is 23.0 Å². The molecule has 4 heterocycles. The van der Waals surface area contributed by atoms with Gasteiger partial charge in [-0.25, -0.2) is 4.68 Å². The van der Waals surface area contributed by atoms with Crippen molar-refractivity contribution in [3.63, 3.8) is 0 Å². The third-order valence-electron chi connectivity index (χ3n) is 7.25. The monoisotopic (exact) mass is 474 g/mol. The molecule has 2 aromatic carbocycles. The Kier molecular flexibility index (Phi) is 7.23. The predicted molar refractivity (Wildman–Crippen MR) is 142 cm³/mol. The first-order chi connectivity index (χ1) is 16.6. The highest BCUT2D eigenvalue weighted by atomic mass is 32.1. The molecule has 178 valence electrons. The van der Waals surface area contributed by atoms with Gasteiger partial charge in [0.1, 0.15) is 0 Å². The lowest BCUT2D eigenvalue weighted by Crippen LogP contribution is -2.58. The van der Waals surface area contributed by atoms with E-state index in [1.165, 1.54) is 38.0 Å². The van der Waals surface area contributed by atoms with E-state index in [9.17, 15) is 0 Å². The molecule has 4 atom stereocenters. The molecule has 0 spiro atoms. The van der Waals surface area contributed by atoms with Gasteiger partial charge in [-0.3, -0.25) is 4.90 Å². The summed E-state index contributed by atoms with van der Waals surface area (Å²) < 4.78 is 1.85. The molecule has 1 unspecified atom stereocenters. The van der Waals surface area contributed by atoms with Crippen LogP contribution in [0.1, 0.15) is 18.4 Å². The second-order valence-corrected chi connectivity index (χ2v) is 10.1. The number of piperidine rings is 3. The minimum Gasteiger partial charge on any atom is -0.361 e. The molecule has 6 nitrogen and oxygen atoms in total. The third kappa shape index (κ3) is 5.66. The first-order valence-electron chi connectivity index (χ1n) is 12.3. The smallest absolute Gasteiger partial charge is 0.170 e. The van der Waals surface area contributed by atoms with Crippen molar-refractivity contribution in [2.45, 2.75) is 25.4 Å². The zero-order valence-electron chi connectivity index (χ0n) is 19.8. The van der Waals surface area contributed by atoms with Crippen LogP contribution in [0.3, 0.4) is 0 Å². The van der Waals surface area contributed by atoms with Gasteiger partial charge in [-0.05, 0) is 86.4 Å². The van der Waals surface area contributed by atoms with Crippen molar-refractivity contribution in [1.29, 1.82) is 0 Å². The standard InChI is InChI=1S/C27H34N6S/c1-31(18-21-6-3-2-4-7-21)19-23-20-32-15-12-22(23)16-26(32)17-28-27(34)30-24-8-10-25(11-9-24)33-14-5-13-29-33/h2-11,13-14,22-23,26H,12,15-20H2,1H3,(H2,28,30,34)/t22-,23-,26+/m0/s1. The minimum absolute atomic E-state index is 0.566. The number of hydrogen-bond donors (Lipinski definition) is 2. The molecule has 1 aromatic heterocycles. The van der Waals surface area contributed by atoms with Crippen LogP contribution >= 0.6 is 12.2 Å². The molecular weight excluding hydrogens is 440 g/mol. The van der Waals surface area contributed by atoms with Crippen LogP contribution in [0.15, 0.2) is 73.1 Å². The summed E-state index contributed by atoms with van der Waals surface area (Å²) in [6, 6.07) is 21.4. The Hall–Kier alpha value is -2.74. The number of benzene rings is 2. The Bertz CT molecular complexity index is 1050. The van der Waals surface area contributed by atoms with Crippen molar-refractivity contribution in [3.8, 4) is 5.69 Å². The molecule has 3 aromatic rings. The van der Waals surface area contributed by atoms with Crippen LogP contribution < -0.4 is 10.6 Å². The van der Waals surface area contributed by atoms with Gasteiger partial charge in [-0.2, -0.15) is 5.10 Å². The van der Waals surface area contributed by atoms with Crippen LogP contribution in [0.5, 0.6) is 0 Å². The Morgan fingerprint density at radius 3 is 2.65 bits per heavy atom. The van der Waals surface area contributed by atoms with Crippen molar-refractivity contribution < 1.29 is 0 Å². The normalized spacial score (nSPS) is 23.7. The van der Waals surface area contributed by atoms with Gasteiger partial charge in [0.15, 0.2) is 5.11 Å². The molecule has 0 amide bonds. The second kappa shape index (κ2) is 10.7. The van der Waals surface area contributed by atoms with E-state index in [0.717, 1.165) is 36.3 Å². The number of nitrogens with one attached hydrogen (secondary N) is 2. The average molecular weight is 475 g/mol. The van der Waals surface area contributed by atoms with E-state index < -0.39 is 0 Å². The molecule has 34 heavy (non-hydrogen) atoms. The van der Waals surface area contributed by atoms with E-state index in [4.69, 9.17) is 12.2 Å². The summed E-state index contributed by atoms with van der Waals surface area (Å²) >= 11 is 5.58. The number of aromatic nitrogens is 2. The Balaban J connectivity index is 1.07. The van der Waals surface area contributed by atoms with Crippen molar-refractivity contribution in [1.82, 2.24) is 24.9 Å². The maximum atomic E-state index is 5.58. The zero-order valence-corrected chi connectivity index (χ0v) is 20.6. The Morgan fingerprint density at radius 1 is 1.12 bits per heavy atom. The molecule has 3 aliphatic rings. The quantitative estimate of drug-likeness (QED) is 0.481. The molecule has 0 radical (unpaired) electrons. The van der Waals surface area contributed by atoms with E-state index in [2.05, 4.69) is 62.9 Å². The van der Waals surface area contributed by atoms with Gasteiger partial charge in [-0.1, -0.05) is 30.3 Å². The fourth-order valence-electron chi connectivity index (χ4n) is 5.53. The maximum Gasteiger partial charge on any atom is 0.170 e. The number of anilines is 1. The van der Waals surface area contributed by atoms with Gasteiger partial charge in [0.2, 0.25) is 0 Å². The summed E-state index contributed by atoms with van der Waals surface area (Å²) in [6.45, 7) is 5.51. The van der Waals surface area contributed by atoms with Gasteiger partial charge in [0.25, 0.3) is 0 Å². The Labute approximate surface area is 207 Å². The summed E-state index contributed by atoms with van der Waals surface area (Å²) in [5.41, 5.74) is 3.41. The van der Waals surface area contributed by atoms with Crippen molar-refractivity contribution in [2.75, 3.05) is 38.5 Å². The van der Waals surface area contributed by atoms with Gasteiger partial charge >= 0.3 is 0 Å². The van der Waals surface area contributed by atoms with Crippen LogP contribution in [0.2, 0.25) is 0 Å². The summed E-state index contributed by atoms with van der Waals surface area (Å²) in [7, 11) is 2.26. The largest absolute Gasteiger partial charge is 0.361 e. The number of thiocarbonyl (C=S) groups is 1. The Morgan fingerprint density at radius 2 is 1.94 bits per heavy atom. The van der Waals surface area contributed by atoms with Crippen LogP contribution in [0.25, 0.3) is 5.69 Å². The molecule has 6 rings (SSSR count). The first kappa shape index (κ1) is 23.0. The van der Waals surface area contributed by atoms with Crippen LogP contribution in [0.4, 0.5) is 5.69 Å². The molecule has 3 saturated heterocycles. The summed E-state index contributed by atoms with van der Waals surface area (Å²) in [5.74, 6) is 1.57. The van der Waals surface area contributed by atoms with Crippen LogP contribution in [-0.4, -0.2) is 64.0 Å². The molecule has 2 N–H and O–H groups in total. The zero-order chi connectivity index (χ0) is 23.3.